The van der Waals surface area contributed by atoms with Crippen LogP contribution in [0.5, 0.6) is 0 Å². The molecule has 4 nitrogen and oxygen atoms in total. The zero-order valence-electron chi connectivity index (χ0n) is 32.0. The second-order valence-electron chi connectivity index (χ2n) is 15.6. The molecule has 0 amide bonds. The number of hydrogen-bond donors (Lipinski definition) is 0. The maximum atomic E-state index is 6.25. The number of allylic oxidation sites excluding steroid dienone is 2. The molecule has 1 aliphatic rings. The van der Waals surface area contributed by atoms with Gasteiger partial charge in [-0.3, -0.25) is 4.57 Å². The summed E-state index contributed by atoms with van der Waals surface area (Å²) in [5, 5.41) is 10.9. The zero-order valence-corrected chi connectivity index (χ0v) is 32.0. The van der Waals surface area contributed by atoms with Crippen molar-refractivity contribution in [3.63, 3.8) is 0 Å². The third-order valence-electron chi connectivity index (χ3n) is 12.3. The highest BCUT2D eigenvalue weighted by Crippen LogP contribution is 2.43. The van der Waals surface area contributed by atoms with Crippen LogP contribution in [0.25, 0.3) is 93.5 Å². The molecule has 0 saturated carbocycles. The molecule has 0 N–H and O–H groups in total. The molecule has 0 unspecified atom stereocenters. The Bertz CT molecular complexity index is 3600. The first-order valence-corrected chi connectivity index (χ1v) is 20.0. The highest BCUT2D eigenvalue weighted by Gasteiger charge is 2.28. The van der Waals surface area contributed by atoms with Crippen LogP contribution in [0, 0.1) is 6.92 Å². The number of hydrogen-bond acceptors (Lipinski definition) is 2. The first-order chi connectivity index (χ1) is 28.6. The number of fused-ring (bicyclic) bond motifs is 12. The Labute approximate surface area is 334 Å². The van der Waals surface area contributed by atoms with Crippen LogP contribution in [0.2, 0.25) is 0 Å². The standard InChI is InChI=1S/C54H37N3O/c1-33-13-3-10-20-46(33)55-54(34(2)36-24-28-52-44(29-36)42-19-9-12-22-51(42)58-52)57-48-27-25-39(32-45(48)53-40-17-7-6-14-35(40)23-26-49(53)57)56-47-21-11-8-18-41(47)43-30-37-15-4-5-16-38(37)31-50(43)56/h3-24,26,28-32H,2,25,27H2,1H3. The number of para-hydroxylation sites is 3. The van der Waals surface area contributed by atoms with Gasteiger partial charge in [0.25, 0.3) is 0 Å². The predicted octanol–water partition coefficient (Wildman–Crippen LogP) is 14.5. The molecular weight excluding hydrogens is 707 g/mol. The van der Waals surface area contributed by atoms with Crippen molar-refractivity contribution >= 4 is 105 Å². The molecule has 0 spiro atoms. The first-order valence-electron chi connectivity index (χ1n) is 20.0. The number of nitrogens with zero attached hydrogens (tertiary/aromatic N) is 3. The smallest absolute Gasteiger partial charge is 0.145 e. The van der Waals surface area contributed by atoms with Gasteiger partial charge in [0.1, 0.15) is 17.0 Å². The van der Waals surface area contributed by atoms with E-state index in [1.54, 1.807) is 0 Å². The topological polar surface area (TPSA) is 35.4 Å². The summed E-state index contributed by atoms with van der Waals surface area (Å²) in [6.07, 6.45) is 4.15. The highest BCUT2D eigenvalue weighted by atomic mass is 16.3. The number of benzene rings is 8. The Morgan fingerprint density at radius 2 is 1.28 bits per heavy atom. The van der Waals surface area contributed by atoms with Crippen molar-refractivity contribution in [3.05, 3.63) is 193 Å². The maximum absolute atomic E-state index is 6.25. The van der Waals surface area contributed by atoms with Gasteiger partial charge in [-0.05, 0) is 107 Å². The fourth-order valence-electron chi connectivity index (χ4n) is 9.51. The second-order valence-corrected chi connectivity index (χ2v) is 15.6. The lowest BCUT2D eigenvalue weighted by Gasteiger charge is -2.21. The van der Waals surface area contributed by atoms with Crippen LogP contribution in [0.4, 0.5) is 5.69 Å². The third-order valence-corrected chi connectivity index (χ3v) is 12.3. The van der Waals surface area contributed by atoms with Crippen molar-refractivity contribution in [1.82, 2.24) is 9.13 Å². The van der Waals surface area contributed by atoms with E-state index < -0.39 is 0 Å². The lowest BCUT2D eigenvalue weighted by molar-refractivity contribution is 0.669. The fraction of sp³-hybridized carbons (Fsp3) is 0.0556. The van der Waals surface area contributed by atoms with Gasteiger partial charge >= 0.3 is 0 Å². The molecular formula is C54H37N3O. The molecule has 3 aromatic heterocycles. The molecule has 0 radical (unpaired) electrons. The number of aromatic nitrogens is 2. The molecule has 0 atom stereocenters. The van der Waals surface area contributed by atoms with E-state index in [0.717, 1.165) is 68.5 Å². The molecule has 274 valence electrons. The summed E-state index contributed by atoms with van der Waals surface area (Å²) < 4.78 is 11.2. The summed E-state index contributed by atoms with van der Waals surface area (Å²) in [5.41, 5.74) is 13.0. The average Bonchev–Trinajstić information content (AvgIpc) is 3.92. The van der Waals surface area contributed by atoms with Crippen molar-refractivity contribution in [1.29, 1.82) is 0 Å². The molecule has 0 aliphatic heterocycles. The van der Waals surface area contributed by atoms with Crippen LogP contribution < -0.4 is 0 Å². The minimum absolute atomic E-state index is 0.822. The van der Waals surface area contributed by atoms with E-state index >= 15 is 0 Å². The number of aliphatic imine (C=N–C) groups is 1. The maximum Gasteiger partial charge on any atom is 0.145 e. The molecule has 8 aromatic carbocycles. The van der Waals surface area contributed by atoms with Crippen LogP contribution in [-0.2, 0) is 6.42 Å². The third kappa shape index (κ3) is 4.85. The summed E-state index contributed by atoms with van der Waals surface area (Å²) in [6.45, 7) is 6.97. The van der Waals surface area contributed by atoms with Gasteiger partial charge in [-0.1, -0.05) is 122 Å². The number of furan rings is 1. The van der Waals surface area contributed by atoms with E-state index in [-0.39, 0.29) is 0 Å². The summed E-state index contributed by atoms with van der Waals surface area (Å²) in [4.78, 5) is 5.56. The van der Waals surface area contributed by atoms with Crippen molar-refractivity contribution < 1.29 is 4.42 Å². The molecule has 58 heavy (non-hydrogen) atoms. The Hall–Kier alpha value is -7.43. The van der Waals surface area contributed by atoms with Crippen molar-refractivity contribution in [2.45, 2.75) is 19.8 Å². The van der Waals surface area contributed by atoms with Gasteiger partial charge < -0.3 is 8.98 Å². The monoisotopic (exact) mass is 743 g/mol. The minimum Gasteiger partial charge on any atom is -0.456 e. The van der Waals surface area contributed by atoms with Gasteiger partial charge in [0.15, 0.2) is 0 Å². The van der Waals surface area contributed by atoms with Gasteiger partial charge in [0.05, 0.1) is 22.2 Å². The number of rotatable bonds is 4. The van der Waals surface area contributed by atoms with Gasteiger partial charge in [-0.2, -0.15) is 0 Å². The Balaban J connectivity index is 1.14. The van der Waals surface area contributed by atoms with Crippen molar-refractivity contribution in [2.75, 3.05) is 0 Å². The van der Waals surface area contributed by atoms with Crippen LogP contribution >= 0.6 is 0 Å². The summed E-state index contributed by atoms with van der Waals surface area (Å²) in [5.74, 6) is 0.822. The van der Waals surface area contributed by atoms with Crippen LogP contribution in [0.15, 0.2) is 180 Å². The van der Waals surface area contributed by atoms with E-state index in [4.69, 9.17) is 16.0 Å². The Morgan fingerprint density at radius 3 is 2.14 bits per heavy atom. The SMILES string of the molecule is C=C(C(=Nc1ccccc1C)n1c2c(c3c4ccccc4ccc31)C=C(n1c3ccccc3c3cc4ccccc4cc31)CC2)c1ccc2oc3ccccc3c2c1. The summed E-state index contributed by atoms with van der Waals surface area (Å²) in [6, 6.07) is 58.6. The molecule has 11 aromatic rings. The molecule has 0 fully saturated rings. The van der Waals surface area contributed by atoms with Crippen LogP contribution in [0.1, 0.15) is 28.8 Å². The van der Waals surface area contributed by atoms with Crippen LogP contribution in [-0.4, -0.2) is 15.0 Å². The lowest BCUT2D eigenvalue weighted by atomic mass is 9.96. The fourth-order valence-corrected chi connectivity index (χ4v) is 9.51. The molecule has 0 bridgehead atoms. The van der Waals surface area contributed by atoms with Gasteiger partial charge in [-0.25, -0.2) is 4.99 Å². The molecule has 12 rings (SSSR count). The van der Waals surface area contributed by atoms with Crippen molar-refractivity contribution in [3.8, 4) is 0 Å². The lowest BCUT2D eigenvalue weighted by Crippen LogP contribution is -2.18. The Morgan fingerprint density at radius 1 is 0.569 bits per heavy atom. The Kier molecular flexibility index (Phi) is 7.09. The van der Waals surface area contributed by atoms with Crippen molar-refractivity contribution in [2.24, 2.45) is 4.99 Å². The van der Waals surface area contributed by atoms with Gasteiger partial charge in [0, 0.05) is 49.5 Å². The van der Waals surface area contributed by atoms with Gasteiger partial charge in [0.2, 0.25) is 0 Å². The normalized spacial score (nSPS) is 13.4. The predicted molar refractivity (Wildman–Crippen MR) is 245 cm³/mol. The molecule has 4 heteroatoms. The quantitative estimate of drug-likeness (QED) is 0.131. The summed E-state index contributed by atoms with van der Waals surface area (Å²) >= 11 is 0. The molecule has 3 heterocycles. The van der Waals surface area contributed by atoms with Gasteiger partial charge in [-0.15, -0.1) is 0 Å². The minimum atomic E-state index is 0.822. The first kappa shape index (κ1) is 32.8. The largest absolute Gasteiger partial charge is 0.456 e. The van der Waals surface area contributed by atoms with E-state index in [2.05, 4.69) is 174 Å². The van der Waals surface area contributed by atoms with E-state index in [0.29, 0.717) is 0 Å². The highest BCUT2D eigenvalue weighted by molar-refractivity contribution is 6.28. The number of aryl methyl sites for hydroxylation is 1. The average molecular weight is 744 g/mol. The molecule has 1 aliphatic carbocycles. The molecule has 0 saturated heterocycles. The summed E-state index contributed by atoms with van der Waals surface area (Å²) in [7, 11) is 0. The second kappa shape index (κ2) is 12.5. The van der Waals surface area contributed by atoms with E-state index in [9.17, 15) is 0 Å². The van der Waals surface area contributed by atoms with E-state index in [1.807, 2.05) is 12.1 Å². The van der Waals surface area contributed by atoms with E-state index in [1.165, 1.54) is 65.7 Å². The van der Waals surface area contributed by atoms with Crippen LogP contribution in [0.3, 0.4) is 0 Å². The zero-order chi connectivity index (χ0) is 38.5.